The molecule has 0 saturated carbocycles. The molecule has 0 aliphatic carbocycles. The standard InChI is InChI=1S/C23H27NO5S.O3S/c1-15-23(2,12-5-3-4-11-19(25)26)21-20-16(8-6-10-18(20)30(27,28)29)14-17-9-7-13-24(15)22(17)21;1-4(2)3/h6,8,10,14H,3-5,7,9,11-13H2,1-2H3,(H-,25,26,27,28,29);/p+1. The Bertz CT molecular complexity index is 1390. The van der Waals surface area contributed by atoms with Gasteiger partial charge in [0.2, 0.25) is 5.69 Å². The lowest BCUT2D eigenvalue weighted by molar-refractivity contribution is -0.444. The van der Waals surface area contributed by atoms with Crippen LogP contribution in [0.3, 0.4) is 0 Å². The molecule has 0 spiro atoms. The summed E-state index contributed by atoms with van der Waals surface area (Å²) >= 11 is 0. The monoisotopic (exact) mass is 510 g/mol. The Morgan fingerprint density at radius 3 is 2.47 bits per heavy atom. The Morgan fingerprint density at radius 1 is 1.18 bits per heavy atom. The number of carboxylic acids is 1. The number of rotatable bonds is 7. The molecule has 2 aromatic carbocycles. The minimum Gasteiger partial charge on any atom is -0.481 e. The van der Waals surface area contributed by atoms with Crippen molar-refractivity contribution >= 4 is 48.9 Å². The van der Waals surface area contributed by atoms with E-state index in [1.807, 2.05) is 6.07 Å². The van der Waals surface area contributed by atoms with Crippen molar-refractivity contribution in [2.24, 2.45) is 0 Å². The predicted octanol–water partition coefficient (Wildman–Crippen LogP) is 3.44. The largest absolute Gasteiger partial charge is 0.481 e. The highest BCUT2D eigenvalue weighted by molar-refractivity contribution is 7.86. The summed E-state index contributed by atoms with van der Waals surface area (Å²) in [7, 11) is -7.48. The van der Waals surface area contributed by atoms with Gasteiger partial charge in [0.25, 0.3) is 10.1 Å². The maximum absolute atomic E-state index is 12.2. The first-order valence-corrected chi connectivity index (χ1v) is 13.5. The van der Waals surface area contributed by atoms with Crippen LogP contribution in [0.4, 0.5) is 5.69 Å². The second kappa shape index (κ2) is 9.93. The Hall–Kier alpha value is -2.63. The molecule has 2 heterocycles. The summed E-state index contributed by atoms with van der Waals surface area (Å²) < 4.78 is 62.1. The van der Waals surface area contributed by atoms with Crippen LogP contribution in [0.1, 0.15) is 63.5 Å². The molecule has 1 atom stereocenters. The molecular weight excluding hydrogens is 482 g/mol. The van der Waals surface area contributed by atoms with Gasteiger partial charge in [-0.25, -0.2) is 0 Å². The third-order valence-electron chi connectivity index (χ3n) is 6.88. The van der Waals surface area contributed by atoms with Crippen molar-refractivity contribution in [2.75, 3.05) is 6.54 Å². The van der Waals surface area contributed by atoms with Crippen molar-refractivity contribution in [1.82, 2.24) is 0 Å². The highest BCUT2D eigenvalue weighted by atomic mass is 32.2. The van der Waals surface area contributed by atoms with Gasteiger partial charge in [0.1, 0.15) is 11.4 Å². The third kappa shape index (κ3) is 5.06. The van der Waals surface area contributed by atoms with Crippen LogP contribution in [-0.2, 0) is 37.4 Å². The second-order valence-corrected chi connectivity index (χ2v) is 10.7. The molecule has 2 aliphatic heterocycles. The highest BCUT2D eigenvalue weighted by Crippen LogP contribution is 2.51. The molecule has 184 valence electrons. The third-order valence-corrected chi connectivity index (χ3v) is 7.77. The normalized spacial score (nSPS) is 18.9. The molecule has 4 rings (SSSR count). The molecule has 0 bridgehead atoms. The zero-order valence-electron chi connectivity index (χ0n) is 19.1. The van der Waals surface area contributed by atoms with Crippen LogP contribution in [0, 0.1) is 0 Å². The number of hydrogen-bond acceptors (Lipinski definition) is 6. The van der Waals surface area contributed by atoms with Crippen molar-refractivity contribution < 1.29 is 40.1 Å². The number of aryl methyl sites for hydroxylation is 1. The molecule has 2 aromatic rings. The molecule has 0 aromatic heterocycles. The van der Waals surface area contributed by atoms with Gasteiger partial charge in [0.05, 0.1) is 5.41 Å². The predicted molar refractivity (Wildman–Crippen MR) is 125 cm³/mol. The summed E-state index contributed by atoms with van der Waals surface area (Å²) in [5.41, 5.74) is 4.17. The summed E-state index contributed by atoms with van der Waals surface area (Å²) in [6, 6.07) is 7.15. The number of aliphatic carboxylic acids is 1. The molecule has 0 fully saturated rings. The first-order chi connectivity index (χ1) is 15.9. The van der Waals surface area contributed by atoms with Gasteiger partial charge in [-0.2, -0.15) is 13.0 Å². The topological polar surface area (TPSA) is 146 Å². The van der Waals surface area contributed by atoms with E-state index in [0.29, 0.717) is 11.8 Å². The van der Waals surface area contributed by atoms with Crippen LogP contribution in [0.25, 0.3) is 10.8 Å². The van der Waals surface area contributed by atoms with Crippen LogP contribution >= 0.6 is 0 Å². The molecule has 2 N–H and O–H groups in total. The average molecular weight is 511 g/mol. The summed E-state index contributed by atoms with van der Waals surface area (Å²) in [5.74, 6) is -0.777. The fourth-order valence-corrected chi connectivity index (χ4v) is 6.04. The van der Waals surface area contributed by atoms with Crippen LogP contribution in [-0.4, -0.2) is 53.5 Å². The van der Waals surface area contributed by atoms with Gasteiger partial charge in [-0.15, -0.1) is 12.6 Å². The van der Waals surface area contributed by atoms with Crippen molar-refractivity contribution in [3.05, 3.63) is 35.4 Å². The summed E-state index contributed by atoms with van der Waals surface area (Å²) in [6.45, 7) is 5.18. The first-order valence-electron chi connectivity index (χ1n) is 11.0. The van der Waals surface area contributed by atoms with Crippen molar-refractivity contribution in [1.29, 1.82) is 0 Å². The van der Waals surface area contributed by atoms with E-state index in [9.17, 15) is 17.8 Å². The Kier molecular flexibility index (Phi) is 7.59. The van der Waals surface area contributed by atoms with Crippen LogP contribution in [0.2, 0.25) is 0 Å². The van der Waals surface area contributed by atoms with Crippen LogP contribution in [0.15, 0.2) is 29.2 Å². The number of fused-ring (bicyclic) bond motifs is 2. The second-order valence-electron chi connectivity index (χ2n) is 8.92. The molecule has 11 heteroatoms. The summed E-state index contributed by atoms with van der Waals surface area (Å²) in [4.78, 5) is 10.8. The molecule has 0 amide bonds. The van der Waals surface area contributed by atoms with Crippen molar-refractivity contribution in [2.45, 2.75) is 69.1 Å². The minimum atomic E-state index is -4.37. The quantitative estimate of drug-likeness (QED) is 0.327. The number of nitrogens with zero attached hydrogens (tertiary/aromatic N) is 1. The molecule has 0 radical (unpaired) electrons. The number of carboxylic acid groups (broad SMARTS) is 1. The van der Waals surface area contributed by atoms with Gasteiger partial charge in [0, 0.05) is 36.3 Å². The lowest BCUT2D eigenvalue weighted by Crippen LogP contribution is -2.31. The lowest BCUT2D eigenvalue weighted by atomic mass is 9.73. The number of hydrogen-bond donors (Lipinski definition) is 2. The van der Waals surface area contributed by atoms with Gasteiger partial charge in [-0.05, 0) is 43.7 Å². The Balaban J connectivity index is 0.000000751. The molecule has 34 heavy (non-hydrogen) atoms. The van der Waals surface area contributed by atoms with E-state index < -0.39 is 26.7 Å². The van der Waals surface area contributed by atoms with Gasteiger partial charge in [-0.3, -0.25) is 9.35 Å². The molecule has 0 saturated heterocycles. The Labute approximate surface area is 199 Å². The smallest absolute Gasteiger partial charge is 0.425 e. The maximum atomic E-state index is 12.2. The fourth-order valence-electron chi connectivity index (χ4n) is 5.31. The fraction of sp³-hybridized carbons (Fsp3) is 0.478. The molecule has 9 nitrogen and oxygen atoms in total. The summed E-state index contributed by atoms with van der Waals surface area (Å²) in [5, 5.41) is 10.3. The van der Waals surface area contributed by atoms with Crippen LogP contribution in [0.5, 0.6) is 0 Å². The van der Waals surface area contributed by atoms with Crippen molar-refractivity contribution in [3.8, 4) is 0 Å². The van der Waals surface area contributed by atoms with Gasteiger partial charge in [-0.1, -0.05) is 25.0 Å². The van der Waals surface area contributed by atoms with E-state index in [1.54, 1.807) is 6.07 Å². The number of carbonyl (C=O) groups is 1. The molecular formula is C23H28NO8S2+. The van der Waals surface area contributed by atoms with E-state index in [-0.39, 0.29) is 16.7 Å². The molecule has 2 aliphatic rings. The number of unbranched alkanes of at least 4 members (excludes halogenated alkanes) is 2. The minimum absolute atomic E-state index is 0.0323. The van der Waals surface area contributed by atoms with Crippen LogP contribution < -0.4 is 0 Å². The maximum Gasteiger partial charge on any atom is 0.425 e. The highest BCUT2D eigenvalue weighted by Gasteiger charge is 2.50. The van der Waals surface area contributed by atoms with Crippen molar-refractivity contribution in [3.63, 3.8) is 0 Å². The Morgan fingerprint density at radius 2 is 1.85 bits per heavy atom. The first kappa shape index (κ1) is 26.0. The number of benzene rings is 2. The zero-order chi connectivity index (χ0) is 25.3. The van der Waals surface area contributed by atoms with Gasteiger partial charge in [0.15, 0.2) is 5.71 Å². The van der Waals surface area contributed by atoms with E-state index in [4.69, 9.17) is 17.7 Å². The van der Waals surface area contributed by atoms with E-state index in [1.165, 1.54) is 17.3 Å². The molecule has 1 unspecified atom stereocenters. The van der Waals surface area contributed by atoms with Gasteiger partial charge < -0.3 is 5.11 Å². The van der Waals surface area contributed by atoms with E-state index >= 15 is 0 Å². The lowest BCUT2D eigenvalue weighted by Gasteiger charge is -2.24. The SMILES string of the molecule is CC1=[N+]2CCCc3cc4cccc(S(=O)(=O)O)c4c(c32)C1(C)CCCCCC(=O)O.O=S(=O)=O. The van der Waals surface area contributed by atoms with E-state index in [0.717, 1.165) is 55.3 Å². The average Bonchev–Trinajstić information content (AvgIpc) is 2.96. The van der Waals surface area contributed by atoms with E-state index in [2.05, 4.69) is 24.5 Å². The van der Waals surface area contributed by atoms with Gasteiger partial charge >= 0.3 is 16.6 Å². The summed E-state index contributed by atoms with van der Waals surface area (Å²) in [6.07, 6.45) is 5.27. The zero-order valence-corrected chi connectivity index (χ0v) is 20.7.